The summed E-state index contributed by atoms with van der Waals surface area (Å²) < 4.78 is 6.81. The van der Waals surface area contributed by atoms with Crippen molar-refractivity contribution in [3.8, 4) is 0 Å². The van der Waals surface area contributed by atoms with Crippen molar-refractivity contribution in [3.63, 3.8) is 0 Å². The minimum atomic E-state index is -0.0744. The third-order valence-corrected chi connectivity index (χ3v) is 5.29. The van der Waals surface area contributed by atoms with Gasteiger partial charge in [0, 0.05) is 11.3 Å². The van der Waals surface area contributed by atoms with E-state index >= 15 is 0 Å². The number of hydrogen-bond acceptors (Lipinski definition) is 6. The summed E-state index contributed by atoms with van der Waals surface area (Å²) in [7, 11) is 0. The van der Waals surface area contributed by atoms with Crippen LogP contribution in [0.4, 0.5) is 0 Å². The van der Waals surface area contributed by atoms with Gasteiger partial charge < -0.3 is 4.52 Å². The lowest BCUT2D eigenvalue weighted by Gasteiger charge is -2.01. The molecule has 0 radical (unpaired) electrons. The van der Waals surface area contributed by atoms with E-state index in [-0.39, 0.29) is 12.1 Å². The predicted molar refractivity (Wildman–Crippen MR) is 96.0 cm³/mol. The number of rotatable bonds is 4. The van der Waals surface area contributed by atoms with Crippen LogP contribution in [0.3, 0.4) is 0 Å². The summed E-state index contributed by atoms with van der Waals surface area (Å²) in [5.41, 5.74) is 2.02. The molecule has 25 heavy (non-hydrogen) atoms. The van der Waals surface area contributed by atoms with Gasteiger partial charge in [-0.2, -0.15) is 4.98 Å². The van der Waals surface area contributed by atoms with E-state index in [9.17, 15) is 4.79 Å². The van der Waals surface area contributed by atoms with Crippen LogP contribution in [0.15, 0.2) is 46.0 Å². The van der Waals surface area contributed by atoms with Gasteiger partial charge in [-0.15, -0.1) is 11.3 Å². The largest absolute Gasteiger partial charge is 0.337 e. The van der Waals surface area contributed by atoms with Crippen molar-refractivity contribution in [2.24, 2.45) is 0 Å². The van der Waals surface area contributed by atoms with Crippen molar-refractivity contribution < 1.29 is 4.52 Å². The van der Waals surface area contributed by atoms with Crippen LogP contribution in [0.1, 0.15) is 27.7 Å². The molecular weight excluding hydrogens is 336 g/mol. The lowest BCUT2D eigenvalue weighted by molar-refractivity contribution is 0.365. The predicted octanol–water partition coefficient (Wildman–Crippen LogP) is 3.10. The molecule has 0 unspecified atom stereocenters. The van der Waals surface area contributed by atoms with E-state index in [4.69, 9.17) is 4.52 Å². The van der Waals surface area contributed by atoms with E-state index < -0.39 is 0 Å². The minimum absolute atomic E-state index is 0.0744. The summed E-state index contributed by atoms with van der Waals surface area (Å²) in [6.45, 7) is 4.17. The Morgan fingerprint density at radius 3 is 2.80 bits per heavy atom. The number of fused-ring (bicyclic) bond motifs is 1. The number of aryl methyl sites for hydroxylation is 2. The fraction of sp³-hybridized carbons (Fsp3) is 0.222. The highest BCUT2D eigenvalue weighted by Gasteiger charge is 2.14. The van der Waals surface area contributed by atoms with E-state index in [1.165, 1.54) is 15.9 Å². The molecule has 0 fully saturated rings. The van der Waals surface area contributed by atoms with Crippen LogP contribution < -0.4 is 5.56 Å². The zero-order valence-electron chi connectivity index (χ0n) is 13.9. The molecule has 0 spiro atoms. The van der Waals surface area contributed by atoms with Crippen LogP contribution in [-0.4, -0.2) is 19.7 Å². The molecule has 3 aromatic heterocycles. The van der Waals surface area contributed by atoms with Crippen molar-refractivity contribution in [2.45, 2.75) is 26.8 Å². The summed E-state index contributed by atoms with van der Waals surface area (Å²) in [4.78, 5) is 23.4. The Hall–Kier alpha value is -2.80. The van der Waals surface area contributed by atoms with Gasteiger partial charge in [-0.3, -0.25) is 9.36 Å². The first kappa shape index (κ1) is 15.7. The first-order valence-corrected chi connectivity index (χ1v) is 8.74. The van der Waals surface area contributed by atoms with E-state index in [1.54, 1.807) is 6.33 Å². The standard InChI is InChI=1S/C18H16N4O2S/c1-11-12(2)25-17-16(11)18(23)22(10-19-17)9-15-20-14(21-24-15)8-13-6-4-3-5-7-13/h3-7,10H,8-9H2,1-2H3. The second-order valence-corrected chi connectivity index (χ2v) is 7.11. The first-order valence-electron chi connectivity index (χ1n) is 7.92. The molecule has 4 rings (SSSR count). The Kier molecular flexibility index (Phi) is 3.93. The summed E-state index contributed by atoms with van der Waals surface area (Å²) in [6.07, 6.45) is 2.14. The van der Waals surface area contributed by atoms with E-state index in [1.807, 2.05) is 44.2 Å². The molecule has 0 bridgehead atoms. The molecule has 7 heteroatoms. The maximum atomic E-state index is 12.7. The Labute approximate surface area is 147 Å². The zero-order chi connectivity index (χ0) is 17.4. The Balaban J connectivity index is 1.61. The molecule has 0 amide bonds. The molecule has 0 aliphatic heterocycles. The van der Waals surface area contributed by atoms with Gasteiger partial charge in [-0.25, -0.2) is 4.98 Å². The van der Waals surface area contributed by atoms with Crippen LogP contribution in [-0.2, 0) is 13.0 Å². The Morgan fingerprint density at radius 2 is 2.00 bits per heavy atom. The fourth-order valence-corrected chi connectivity index (χ4v) is 3.72. The topological polar surface area (TPSA) is 73.8 Å². The minimum Gasteiger partial charge on any atom is -0.337 e. The van der Waals surface area contributed by atoms with Gasteiger partial charge in [0.2, 0.25) is 5.89 Å². The maximum absolute atomic E-state index is 12.7. The highest BCUT2D eigenvalue weighted by molar-refractivity contribution is 7.18. The second-order valence-electron chi connectivity index (χ2n) is 5.91. The zero-order valence-corrected chi connectivity index (χ0v) is 14.7. The molecule has 0 atom stereocenters. The maximum Gasteiger partial charge on any atom is 0.262 e. The van der Waals surface area contributed by atoms with Gasteiger partial charge >= 0.3 is 0 Å². The molecule has 126 valence electrons. The quantitative estimate of drug-likeness (QED) is 0.564. The molecule has 6 nitrogen and oxygen atoms in total. The van der Waals surface area contributed by atoms with Crippen molar-refractivity contribution in [2.75, 3.05) is 0 Å². The van der Waals surface area contributed by atoms with E-state index in [0.717, 1.165) is 20.8 Å². The Bertz CT molecular complexity index is 1100. The molecule has 0 aliphatic carbocycles. The van der Waals surface area contributed by atoms with Crippen LogP contribution in [0, 0.1) is 13.8 Å². The van der Waals surface area contributed by atoms with Crippen molar-refractivity contribution in [1.29, 1.82) is 0 Å². The van der Waals surface area contributed by atoms with Crippen LogP contribution in [0.2, 0.25) is 0 Å². The summed E-state index contributed by atoms with van der Waals surface area (Å²) in [5, 5.41) is 4.68. The van der Waals surface area contributed by atoms with E-state index in [0.29, 0.717) is 23.5 Å². The SMILES string of the molecule is Cc1sc2ncn(Cc3nc(Cc4ccccc4)no3)c(=O)c2c1C. The number of thiophene rings is 1. The smallest absolute Gasteiger partial charge is 0.262 e. The highest BCUT2D eigenvalue weighted by atomic mass is 32.1. The van der Waals surface area contributed by atoms with Gasteiger partial charge in [-0.1, -0.05) is 35.5 Å². The molecule has 0 N–H and O–H groups in total. The molecular formula is C18H16N4O2S. The monoisotopic (exact) mass is 352 g/mol. The van der Waals surface area contributed by atoms with Crippen LogP contribution in [0.25, 0.3) is 10.2 Å². The number of benzene rings is 1. The summed E-state index contributed by atoms with van der Waals surface area (Å²) in [6, 6.07) is 9.94. The lowest BCUT2D eigenvalue weighted by atomic mass is 10.1. The molecule has 3 heterocycles. The highest BCUT2D eigenvalue weighted by Crippen LogP contribution is 2.25. The number of hydrogen-bond donors (Lipinski definition) is 0. The molecule has 0 saturated heterocycles. The normalized spacial score (nSPS) is 11.3. The van der Waals surface area contributed by atoms with Crippen molar-refractivity contribution in [1.82, 2.24) is 19.7 Å². The average Bonchev–Trinajstić information content (AvgIpc) is 3.16. The van der Waals surface area contributed by atoms with Gasteiger partial charge in [0.1, 0.15) is 11.4 Å². The third kappa shape index (κ3) is 2.98. The van der Waals surface area contributed by atoms with Crippen LogP contribution >= 0.6 is 11.3 Å². The van der Waals surface area contributed by atoms with Gasteiger partial charge in [0.25, 0.3) is 5.56 Å². The van der Waals surface area contributed by atoms with E-state index in [2.05, 4.69) is 15.1 Å². The fourth-order valence-electron chi connectivity index (χ4n) is 2.73. The van der Waals surface area contributed by atoms with Crippen molar-refractivity contribution in [3.05, 3.63) is 74.7 Å². The summed E-state index contributed by atoms with van der Waals surface area (Å²) in [5.74, 6) is 1.00. The first-order chi connectivity index (χ1) is 12.1. The van der Waals surface area contributed by atoms with Crippen LogP contribution in [0.5, 0.6) is 0 Å². The molecule has 0 saturated carbocycles. The third-order valence-electron chi connectivity index (χ3n) is 4.18. The second kappa shape index (κ2) is 6.25. The van der Waals surface area contributed by atoms with Gasteiger partial charge in [0.15, 0.2) is 5.82 Å². The molecule has 0 aliphatic rings. The van der Waals surface area contributed by atoms with Gasteiger partial charge in [0.05, 0.1) is 11.7 Å². The molecule has 4 aromatic rings. The van der Waals surface area contributed by atoms with Crippen molar-refractivity contribution >= 4 is 21.6 Å². The number of nitrogens with zero attached hydrogens (tertiary/aromatic N) is 4. The summed E-state index contributed by atoms with van der Waals surface area (Å²) >= 11 is 1.54. The average molecular weight is 352 g/mol. The lowest BCUT2D eigenvalue weighted by Crippen LogP contribution is -2.21. The van der Waals surface area contributed by atoms with Gasteiger partial charge in [-0.05, 0) is 25.0 Å². The Morgan fingerprint density at radius 1 is 1.20 bits per heavy atom. The number of aromatic nitrogens is 4. The molecule has 1 aromatic carbocycles.